The minimum atomic E-state index is -1.11. The Morgan fingerprint density at radius 1 is 1.06 bits per heavy atom. The fourth-order valence-corrected chi connectivity index (χ4v) is 4.27. The molecule has 0 fully saturated rings. The number of carbonyl (C=O) groups excluding carboxylic acids is 4. The third kappa shape index (κ3) is 5.63. The van der Waals surface area contributed by atoms with E-state index in [0.717, 1.165) is 26.0 Å². The highest BCUT2D eigenvalue weighted by Gasteiger charge is 2.42. The number of thioether (sulfide) groups is 1. The van der Waals surface area contributed by atoms with Gasteiger partial charge in [0.1, 0.15) is 6.54 Å². The van der Waals surface area contributed by atoms with Crippen LogP contribution in [0.5, 0.6) is 0 Å². The van der Waals surface area contributed by atoms with Crippen molar-refractivity contribution in [3.05, 3.63) is 62.5 Å². The fourth-order valence-electron chi connectivity index (χ4n) is 3.62. The lowest BCUT2D eigenvalue weighted by Crippen LogP contribution is -2.39. The van der Waals surface area contributed by atoms with E-state index in [4.69, 9.17) is 14.2 Å². The summed E-state index contributed by atoms with van der Waals surface area (Å²) >= 11 is 0.885. The second-order valence-electron chi connectivity index (χ2n) is 7.07. The van der Waals surface area contributed by atoms with Gasteiger partial charge in [0.25, 0.3) is 5.69 Å². The Labute approximate surface area is 199 Å². The quantitative estimate of drug-likeness (QED) is 0.228. The van der Waals surface area contributed by atoms with Crippen LogP contribution in [0.2, 0.25) is 0 Å². The molecule has 34 heavy (non-hydrogen) atoms. The molecule has 0 aliphatic carbocycles. The molecule has 12 heteroatoms. The third-order valence-corrected chi connectivity index (χ3v) is 5.99. The molecule has 0 spiro atoms. The second-order valence-corrected chi connectivity index (χ2v) is 8.22. The van der Waals surface area contributed by atoms with Gasteiger partial charge in [0.05, 0.1) is 43.3 Å². The van der Waals surface area contributed by atoms with Crippen molar-refractivity contribution in [3.63, 3.8) is 0 Å². The van der Waals surface area contributed by atoms with Crippen LogP contribution in [-0.4, -0.2) is 66.5 Å². The van der Waals surface area contributed by atoms with Crippen LogP contribution in [0.15, 0.2) is 46.8 Å². The molecule has 1 aliphatic rings. The van der Waals surface area contributed by atoms with Gasteiger partial charge in [-0.05, 0) is 12.5 Å². The average molecular weight is 493 g/mol. The molecule has 0 bridgehead atoms. The smallest absolute Gasteiger partial charge is 0.336 e. The number of ether oxygens (including phenoxy) is 3. The zero-order chi connectivity index (χ0) is 25.6. The summed E-state index contributed by atoms with van der Waals surface area (Å²) in [5.41, 5.74) is 0.452. The van der Waals surface area contributed by atoms with E-state index in [1.165, 1.54) is 43.2 Å². The molecular weight excluding hydrogens is 468 g/mol. The number of esters is 3. The zero-order valence-corrected chi connectivity index (χ0v) is 20.1. The molecule has 1 atom stereocenters. The molecule has 1 aliphatic heterocycles. The van der Waals surface area contributed by atoms with Gasteiger partial charge in [-0.3, -0.25) is 19.7 Å². The number of rotatable bonds is 8. The maximum absolute atomic E-state index is 13.1. The van der Waals surface area contributed by atoms with Crippen molar-refractivity contribution >= 4 is 40.5 Å². The lowest BCUT2D eigenvalue weighted by atomic mass is 9.79. The zero-order valence-electron chi connectivity index (χ0n) is 19.3. The molecule has 2 rings (SSSR count). The Morgan fingerprint density at radius 2 is 1.68 bits per heavy atom. The van der Waals surface area contributed by atoms with Crippen LogP contribution in [0, 0.1) is 10.1 Å². The number of allylic oxidation sites excluding steroid dienone is 1. The van der Waals surface area contributed by atoms with Gasteiger partial charge in [-0.1, -0.05) is 23.9 Å². The molecule has 0 N–H and O–H groups in total. The third-order valence-electron chi connectivity index (χ3n) is 5.16. The first-order valence-electron chi connectivity index (χ1n) is 9.89. The summed E-state index contributed by atoms with van der Waals surface area (Å²) in [5, 5.41) is 11.1. The van der Waals surface area contributed by atoms with E-state index < -0.39 is 28.7 Å². The highest BCUT2D eigenvalue weighted by atomic mass is 32.2. The van der Waals surface area contributed by atoms with E-state index in [1.54, 1.807) is 6.92 Å². The molecule has 1 heterocycles. The first-order chi connectivity index (χ1) is 16.1. The number of nitrogens with zero attached hydrogens (tertiary/aromatic N) is 2. The van der Waals surface area contributed by atoms with Gasteiger partial charge >= 0.3 is 17.9 Å². The molecule has 0 aromatic heterocycles. The first kappa shape index (κ1) is 26.6. The van der Waals surface area contributed by atoms with Gasteiger partial charge in [0.2, 0.25) is 0 Å². The summed E-state index contributed by atoms with van der Waals surface area (Å²) < 4.78 is 14.7. The summed E-state index contributed by atoms with van der Waals surface area (Å²) in [4.78, 5) is 62.1. The molecule has 0 radical (unpaired) electrons. The molecule has 182 valence electrons. The fraction of sp³-hybridized carbons (Fsp3) is 0.364. The minimum absolute atomic E-state index is 0.0103. The predicted molar refractivity (Wildman–Crippen MR) is 121 cm³/mol. The average Bonchev–Trinajstić information content (AvgIpc) is 2.82. The van der Waals surface area contributed by atoms with Crippen molar-refractivity contribution in [2.45, 2.75) is 19.8 Å². The van der Waals surface area contributed by atoms with Crippen molar-refractivity contribution in [2.75, 3.05) is 33.6 Å². The van der Waals surface area contributed by atoms with Crippen LogP contribution in [0.1, 0.15) is 25.3 Å². The van der Waals surface area contributed by atoms with Crippen LogP contribution in [0.3, 0.4) is 0 Å². The van der Waals surface area contributed by atoms with Crippen LogP contribution in [0.4, 0.5) is 5.69 Å². The van der Waals surface area contributed by atoms with Crippen molar-refractivity contribution in [2.24, 2.45) is 0 Å². The standard InChI is InChI=1S/C22H24N2O9S/c1-12-18(21(27)32-4)19(14-7-6-8-15(9-14)24(29)30)20(22(28)33-5)16(11-34-13(2)25)23(12)10-17(26)31-3/h6-9,19H,10-11H2,1-5H3/t19-/m1/s1. The van der Waals surface area contributed by atoms with Gasteiger partial charge in [0, 0.05) is 36.2 Å². The Hall–Kier alpha value is -3.67. The van der Waals surface area contributed by atoms with Gasteiger partial charge < -0.3 is 19.1 Å². The maximum atomic E-state index is 13.1. The number of benzene rings is 1. The molecular formula is C22H24N2O9S. The second kappa shape index (κ2) is 11.5. The first-order valence-corrected chi connectivity index (χ1v) is 10.9. The van der Waals surface area contributed by atoms with Gasteiger partial charge in [0.15, 0.2) is 5.12 Å². The summed E-state index contributed by atoms with van der Waals surface area (Å²) in [6.07, 6.45) is 0. The Bertz CT molecular complexity index is 1090. The monoisotopic (exact) mass is 492 g/mol. The molecule has 0 saturated heterocycles. The lowest BCUT2D eigenvalue weighted by Gasteiger charge is -2.38. The number of methoxy groups -OCH3 is 3. The van der Waals surface area contributed by atoms with E-state index in [1.807, 2.05) is 0 Å². The summed E-state index contributed by atoms with van der Waals surface area (Å²) in [6.45, 7) is 2.53. The maximum Gasteiger partial charge on any atom is 0.336 e. The number of hydrogen-bond acceptors (Lipinski definition) is 11. The number of carbonyl (C=O) groups is 4. The molecule has 1 aromatic rings. The Balaban J connectivity index is 2.92. The van der Waals surface area contributed by atoms with Crippen molar-refractivity contribution in [3.8, 4) is 0 Å². The number of non-ortho nitro benzene ring substituents is 1. The van der Waals surface area contributed by atoms with Crippen LogP contribution in [-0.2, 0) is 33.4 Å². The van der Waals surface area contributed by atoms with Gasteiger partial charge in [-0.25, -0.2) is 9.59 Å². The molecule has 1 aromatic carbocycles. The van der Waals surface area contributed by atoms with E-state index >= 15 is 0 Å². The van der Waals surface area contributed by atoms with Crippen LogP contribution in [0.25, 0.3) is 0 Å². The molecule has 11 nitrogen and oxygen atoms in total. The lowest BCUT2D eigenvalue weighted by molar-refractivity contribution is -0.384. The summed E-state index contributed by atoms with van der Waals surface area (Å²) in [6, 6.07) is 5.48. The van der Waals surface area contributed by atoms with Gasteiger partial charge in [-0.2, -0.15) is 0 Å². The van der Waals surface area contributed by atoms with E-state index in [-0.39, 0.29) is 51.2 Å². The number of nitro benzene ring substituents is 1. The topological polar surface area (TPSA) is 142 Å². The van der Waals surface area contributed by atoms with Crippen molar-refractivity contribution in [1.29, 1.82) is 0 Å². The largest absolute Gasteiger partial charge is 0.468 e. The molecule has 0 amide bonds. The Kier molecular flexibility index (Phi) is 8.96. The predicted octanol–water partition coefficient (Wildman–Crippen LogP) is 2.32. The Morgan fingerprint density at radius 3 is 2.21 bits per heavy atom. The summed E-state index contributed by atoms with van der Waals surface area (Å²) in [7, 11) is 3.48. The number of hydrogen-bond donors (Lipinski definition) is 0. The van der Waals surface area contributed by atoms with E-state index in [2.05, 4.69) is 0 Å². The molecule has 0 unspecified atom stereocenters. The highest BCUT2D eigenvalue weighted by molar-refractivity contribution is 8.13. The van der Waals surface area contributed by atoms with Gasteiger partial charge in [-0.15, -0.1) is 0 Å². The number of nitro groups is 1. The van der Waals surface area contributed by atoms with Crippen LogP contribution >= 0.6 is 11.8 Å². The molecule has 0 saturated carbocycles. The highest BCUT2D eigenvalue weighted by Crippen LogP contribution is 2.44. The SMILES string of the molecule is COC(=O)CN1C(C)=C(C(=O)OC)[C@@H](c2cccc([N+](=O)[O-])c2)C(C(=O)OC)=C1CSC(C)=O. The van der Waals surface area contributed by atoms with E-state index in [9.17, 15) is 29.3 Å². The van der Waals surface area contributed by atoms with Crippen molar-refractivity contribution in [1.82, 2.24) is 4.90 Å². The van der Waals surface area contributed by atoms with Crippen molar-refractivity contribution < 1.29 is 38.3 Å². The summed E-state index contributed by atoms with van der Waals surface area (Å²) in [5.74, 6) is -3.44. The van der Waals surface area contributed by atoms with E-state index in [0.29, 0.717) is 0 Å². The van der Waals surface area contributed by atoms with Crippen LogP contribution < -0.4 is 0 Å². The normalized spacial score (nSPS) is 15.7. The minimum Gasteiger partial charge on any atom is -0.468 e.